The summed E-state index contributed by atoms with van der Waals surface area (Å²) in [6, 6.07) is 7.23. The highest BCUT2D eigenvalue weighted by molar-refractivity contribution is 5.58. The Hall–Kier alpha value is -3.56. The molecule has 0 aliphatic heterocycles. The van der Waals surface area contributed by atoms with Crippen molar-refractivity contribution in [1.82, 2.24) is 20.1 Å². The van der Waals surface area contributed by atoms with Crippen LogP contribution in [0.5, 0.6) is 11.8 Å². The first-order valence-corrected chi connectivity index (χ1v) is 7.95. The van der Waals surface area contributed by atoms with Crippen molar-refractivity contribution in [2.75, 3.05) is 5.32 Å². The average Bonchev–Trinajstić information content (AvgIpc) is 3.32. The van der Waals surface area contributed by atoms with Crippen LogP contribution in [0.15, 0.2) is 35.0 Å². The van der Waals surface area contributed by atoms with Crippen LogP contribution in [0.25, 0.3) is 11.4 Å². The van der Waals surface area contributed by atoms with Crippen LogP contribution < -0.4 is 10.1 Å². The molecule has 1 saturated carbocycles. The molecule has 1 aromatic carbocycles. The van der Waals surface area contributed by atoms with Gasteiger partial charge in [-0.1, -0.05) is 17.3 Å². The Balaban J connectivity index is 1.59. The van der Waals surface area contributed by atoms with Gasteiger partial charge in [0.2, 0.25) is 17.5 Å². The van der Waals surface area contributed by atoms with Gasteiger partial charge < -0.3 is 14.6 Å². The van der Waals surface area contributed by atoms with E-state index < -0.39 is 4.92 Å². The van der Waals surface area contributed by atoms with Gasteiger partial charge in [-0.2, -0.15) is 15.0 Å². The van der Waals surface area contributed by atoms with E-state index in [1.54, 1.807) is 25.1 Å². The first-order chi connectivity index (χ1) is 12.6. The second kappa shape index (κ2) is 6.39. The zero-order valence-electron chi connectivity index (χ0n) is 13.7. The van der Waals surface area contributed by atoms with Gasteiger partial charge >= 0.3 is 11.7 Å². The van der Waals surface area contributed by atoms with Crippen LogP contribution in [0, 0.1) is 17.0 Å². The Morgan fingerprint density at radius 1 is 1.35 bits per heavy atom. The van der Waals surface area contributed by atoms with Crippen molar-refractivity contribution in [2.45, 2.75) is 25.8 Å². The first kappa shape index (κ1) is 15.9. The monoisotopic (exact) mass is 354 g/mol. The molecule has 10 nitrogen and oxygen atoms in total. The lowest BCUT2D eigenvalue weighted by Crippen LogP contribution is -2.07. The first-order valence-electron chi connectivity index (χ1n) is 7.95. The highest BCUT2D eigenvalue weighted by Gasteiger charge is 2.27. The van der Waals surface area contributed by atoms with E-state index in [9.17, 15) is 10.1 Å². The highest BCUT2D eigenvalue weighted by atomic mass is 16.6. The van der Waals surface area contributed by atoms with E-state index in [2.05, 4.69) is 25.4 Å². The van der Waals surface area contributed by atoms with Crippen molar-refractivity contribution in [2.24, 2.45) is 0 Å². The van der Waals surface area contributed by atoms with Gasteiger partial charge in [0.25, 0.3) is 0 Å². The second-order valence-corrected chi connectivity index (χ2v) is 5.83. The van der Waals surface area contributed by atoms with E-state index in [4.69, 9.17) is 9.26 Å². The average molecular weight is 354 g/mol. The Bertz CT molecular complexity index is 969. The molecule has 4 rings (SSSR count). The number of nitrogens with zero attached hydrogens (tertiary/aromatic N) is 5. The van der Waals surface area contributed by atoms with Crippen LogP contribution in [0.4, 0.5) is 11.5 Å². The van der Waals surface area contributed by atoms with Crippen molar-refractivity contribution in [1.29, 1.82) is 0 Å². The maximum absolute atomic E-state index is 11.1. The van der Waals surface area contributed by atoms with Crippen molar-refractivity contribution in [3.63, 3.8) is 0 Å². The van der Waals surface area contributed by atoms with Crippen LogP contribution in [0.3, 0.4) is 0 Å². The number of hydrogen-bond donors (Lipinski definition) is 1. The minimum Gasteiger partial charge on any atom is -0.424 e. The number of hydrogen-bond acceptors (Lipinski definition) is 9. The second-order valence-electron chi connectivity index (χ2n) is 5.83. The molecule has 0 atom stereocenters. The topological polar surface area (TPSA) is 129 Å². The largest absolute Gasteiger partial charge is 0.424 e. The van der Waals surface area contributed by atoms with E-state index in [0.29, 0.717) is 23.0 Å². The lowest BCUT2D eigenvalue weighted by Gasteiger charge is -2.08. The number of anilines is 1. The predicted molar refractivity (Wildman–Crippen MR) is 89.9 cm³/mol. The van der Waals surface area contributed by atoms with Crippen LogP contribution in [0.2, 0.25) is 0 Å². The minimum atomic E-state index is -0.520. The van der Waals surface area contributed by atoms with E-state index in [1.165, 1.54) is 0 Å². The smallest absolute Gasteiger partial charge is 0.329 e. The summed E-state index contributed by atoms with van der Waals surface area (Å²) >= 11 is 0. The van der Waals surface area contributed by atoms with Crippen molar-refractivity contribution in [3.8, 4) is 23.1 Å². The minimum absolute atomic E-state index is 0.0141. The molecule has 1 fully saturated rings. The summed E-state index contributed by atoms with van der Waals surface area (Å²) in [6.07, 6.45) is 3.06. The Morgan fingerprint density at radius 3 is 2.88 bits per heavy atom. The van der Waals surface area contributed by atoms with Crippen LogP contribution >= 0.6 is 0 Å². The molecule has 3 aromatic rings. The normalized spacial score (nSPS) is 13.4. The van der Waals surface area contributed by atoms with E-state index in [-0.39, 0.29) is 23.6 Å². The third-order valence-electron chi connectivity index (χ3n) is 3.69. The van der Waals surface area contributed by atoms with E-state index >= 15 is 0 Å². The van der Waals surface area contributed by atoms with Crippen molar-refractivity contribution < 1.29 is 14.2 Å². The highest BCUT2D eigenvalue weighted by Crippen LogP contribution is 2.31. The number of benzene rings is 1. The van der Waals surface area contributed by atoms with Gasteiger partial charge in [0.05, 0.1) is 4.92 Å². The van der Waals surface area contributed by atoms with Gasteiger partial charge in [-0.05, 0) is 25.0 Å². The van der Waals surface area contributed by atoms with Crippen LogP contribution in [0.1, 0.15) is 18.7 Å². The van der Waals surface area contributed by atoms with Gasteiger partial charge in [-0.25, -0.2) is 0 Å². The van der Waals surface area contributed by atoms with E-state index in [1.807, 2.05) is 6.07 Å². The molecule has 1 aliphatic rings. The zero-order chi connectivity index (χ0) is 18.1. The molecular weight excluding hydrogens is 340 g/mol. The summed E-state index contributed by atoms with van der Waals surface area (Å²) in [5.41, 5.74) is 0.526. The molecule has 0 amide bonds. The standard InChI is InChI=1S/C16H14N6O4/c1-9-18-14(21-26-9)10-3-2-4-12(7-10)25-16-17-8-13(22(23)24)15(20-16)19-11-5-6-11/h2-4,7-8,11H,5-6H2,1H3,(H,17,19,20). The van der Waals surface area contributed by atoms with Gasteiger partial charge in [-0.3, -0.25) is 10.1 Å². The summed E-state index contributed by atoms with van der Waals surface area (Å²) in [7, 11) is 0. The van der Waals surface area contributed by atoms with Crippen molar-refractivity contribution in [3.05, 3.63) is 46.5 Å². The molecule has 26 heavy (non-hydrogen) atoms. The summed E-state index contributed by atoms with van der Waals surface area (Å²) in [4.78, 5) is 22.8. The number of rotatable bonds is 6. The molecule has 0 unspecified atom stereocenters. The lowest BCUT2D eigenvalue weighted by atomic mass is 10.2. The number of aryl methyl sites for hydroxylation is 1. The molecular formula is C16H14N6O4. The van der Waals surface area contributed by atoms with Crippen molar-refractivity contribution >= 4 is 11.5 Å². The van der Waals surface area contributed by atoms with Crippen LogP contribution in [-0.2, 0) is 0 Å². The quantitative estimate of drug-likeness (QED) is 0.524. The molecule has 1 aliphatic carbocycles. The molecule has 0 spiro atoms. The molecule has 2 heterocycles. The Kier molecular flexibility index (Phi) is 3.92. The van der Waals surface area contributed by atoms with Gasteiger partial charge in [-0.15, -0.1) is 0 Å². The fourth-order valence-electron chi connectivity index (χ4n) is 2.29. The molecule has 0 saturated heterocycles. The van der Waals surface area contributed by atoms with E-state index in [0.717, 1.165) is 19.0 Å². The number of ether oxygens (including phenoxy) is 1. The summed E-state index contributed by atoms with van der Waals surface area (Å²) in [5, 5.41) is 18.0. The molecule has 0 radical (unpaired) electrons. The molecule has 10 heteroatoms. The predicted octanol–water partition coefficient (Wildman–Crippen LogP) is 3.11. The number of nitro groups is 1. The number of nitrogens with one attached hydrogen (secondary N) is 1. The molecule has 0 bridgehead atoms. The Morgan fingerprint density at radius 2 is 2.19 bits per heavy atom. The fraction of sp³-hybridized carbons (Fsp3) is 0.250. The summed E-state index contributed by atoms with van der Waals surface area (Å²) < 4.78 is 10.6. The fourth-order valence-corrected chi connectivity index (χ4v) is 2.29. The SMILES string of the molecule is Cc1nc(-c2cccc(Oc3ncc([N+](=O)[O-])c(NC4CC4)n3)c2)no1. The number of aromatic nitrogens is 4. The van der Waals surface area contributed by atoms with Gasteiger partial charge in [0.1, 0.15) is 11.9 Å². The van der Waals surface area contributed by atoms with Crippen LogP contribution in [-0.4, -0.2) is 31.1 Å². The maximum Gasteiger partial charge on any atom is 0.329 e. The molecule has 2 aromatic heterocycles. The third-order valence-corrected chi connectivity index (χ3v) is 3.69. The van der Waals surface area contributed by atoms with Gasteiger partial charge in [0, 0.05) is 18.5 Å². The molecule has 1 N–H and O–H groups in total. The van der Waals surface area contributed by atoms with Gasteiger partial charge in [0.15, 0.2) is 0 Å². The maximum atomic E-state index is 11.1. The third kappa shape index (κ3) is 3.43. The zero-order valence-corrected chi connectivity index (χ0v) is 13.7. The summed E-state index contributed by atoms with van der Waals surface area (Å²) in [5.74, 6) is 1.51. The summed E-state index contributed by atoms with van der Waals surface area (Å²) in [6.45, 7) is 1.70. The lowest BCUT2D eigenvalue weighted by molar-refractivity contribution is -0.384. The molecule has 132 valence electrons. The Labute approximate surface area is 147 Å².